The highest BCUT2D eigenvalue weighted by Crippen LogP contribution is 2.67. The summed E-state index contributed by atoms with van der Waals surface area (Å²) in [5, 5.41) is 0. The number of fused-ring (bicyclic) bond motifs is 2. The molecule has 3 rings (SSSR count). The zero-order valence-corrected chi connectivity index (χ0v) is 15.3. The van der Waals surface area contributed by atoms with Gasteiger partial charge in [0.2, 0.25) is 0 Å². The molecule has 2 heteroatoms. The normalized spacial score (nSPS) is 35.3. The lowest BCUT2D eigenvalue weighted by Gasteiger charge is -2.67. The first-order valence-corrected chi connectivity index (χ1v) is 8.54. The fraction of sp³-hybridized carbons (Fsp3) is 0.700. The first kappa shape index (κ1) is 16.0. The predicted molar refractivity (Wildman–Crippen MR) is 90.1 cm³/mol. The van der Waals surface area contributed by atoms with Crippen molar-refractivity contribution in [3.05, 3.63) is 34.9 Å². The molecule has 1 heterocycles. The summed E-state index contributed by atoms with van der Waals surface area (Å²) in [5.41, 5.74) is 3.84. The third-order valence-electron chi connectivity index (χ3n) is 6.31. The Morgan fingerprint density at radius 2 is 1.64 bits per heavy atom. The van der Waals surface area contributed by atoms with Crippen LogP contribution in [0.5, 0.6) is 0 Å². The third kappa shape index (κ3) is 1.68. The van der Waals surface area contributed by atoms with E-state index >= 15 is 0 Å². The molecule has 1 aromatic rings. The van der Waals surface area contributed by atoms with E-state index in [-0.39, 0.29) is 28.8 Å². The minimum atomic E-state index is -0.276. The van der Waals surface area contributed by atoms with Gasteiger partial charge in [0.15, 0.2) is 6.29 Å². The quantitative estimate of drug-likeness (QED) is 0.718. The summed E-state index contributed by atoms with van der Waals surface area (Å²) in [6.45, 7) is 17.9. The van der Waals surface area contributed by atoms with E-state index in [4.69, 9.17) is 9.47 Å². The zero-order chi connectivity index (χ0) is 16.5. The molecule has 2 nitrogen and oxygen atoms in total. The van der Waals surface area contributed by atoms with E-state index in [9.17, 15) is 0 Å². The Balaban J connectivity index is 2.19. The van der Waals surface area contributed by atoms with Gasteiger partial charge in [-0.15, -0.1) is 0 Å². The number of hydrogen-bond donors (Lipinski definition) is 0. The molecule has 0 aromatic heterocycles. The van der Waals surface area contributed by atoms with Gasteiger partial charge in [-0.3, -0.25) is 0 Å². The molecule has 0 amide bonds. The first-order chi connectivity index (χ1) is 10.1. The summed E-state index contributed by atoms with van der Waals surface area (Å²) in [6, 6.07) is 6.95. The van der Waals surface area contributed by atoms with E-state index < -0.39 is 0 Å². The van der Waals surface area contributed by atoms with E-state index in [0.717, 1.165) is 0 Å². The molecule has 1 aromatic carbocycles. The van der Waals surface area contributed by atoms with Gasteiger partial charge in [-0.2, -0.15) is 0 Å². The van der Waals surface area contributed by atoms with Crippen molar-refractivity contribution in [2.24, 2.45) is 5.41 Å². The lowest BCUT2D eigenvalue weighted by Crippen LogP contribution is -2.70. The van der Waals surface area contributed by atoms with Gasteiger partial charge >= 0.3 is 0 Å². The minimum absolute atomic E-state index is 0.0109. The van der Waals surface area contributed by atoms with Gasteiger partial charge in [-0.25, -0.2) is 0 Å². The maximum absolute atomic E-state index is 6.52. The van der Waals surface area contributed by atoms with Crippen LogP contribution in [-0.2, 0) is 20.5 Å². The molecule has 22 heavy (non-hydrogen) atoms. The average Bonchev–Trinajstić information content (AvgIpc) is 2.42. The molecule has 1 saturated heterocycles. The van der Waals surface area contributed by atoms with Crippen molar-refractivity contribution in [3.8, 4) is 0 Å². The summed E-state index contributed by atoms with van der Waals surface area (Å²) in [6.07, 6.45) is -0.00586. The van der Waals surface area contributed by atoms with E-state index in [1.54, 1.807) is 0 Å². The van der Waals surface area contributed by atoms with E-state index in [2.05, 4.69) is 66.7 Å². The molecule has 0 bridgehead atoms. The topological polar surface area (TPSA) is 18.5 Å². The number of ether oxygens (including phenoxy) is 2. The molecule has 1 spiro atoms. The van der Waals surface area contributed by atoms with Gasteiger partial charge in [0.05, 0.1) is 6.10 Å². The van der Waals surface area contributed by atoms with Crippen molar-refractivity contribution in [1.82, 2.24) is 0 Å². The van der Waals surface area contributed by atoms with Crippen LogP contribution in [-0.4, -0.2) is 12.4 Å². The standard InChI is InChI=1S/C20H30O2/c1-12(2)15-9-10-16-17(11-15)19(7,8)20(16)18(5,6)13(3)21-14(4)22-20/h9-14H,1-8H3/t13-,14?,20-/m1/s1. The van der Waals surface area contributed by atoms with E-state index in [1.807, 2.05) is 6.92 Å². The Kier molecular flexibility index (Phi) is 3.33. The van der Waals surface area contributed by atoms with Crippen LogP contribution in [0.2, 0.25) is 0 Å². The molecule has 0 saturated carbocycles. The number of hydrogen-bond acceptors (Lipinski definition) is 2. The van der Waals surface area contributed by atoms with Crippen LogP contribution in [0, 0.1) is 5.41 Å². The van der Waals surface area contributed by atoms with Crippen LogP contribution < -0.4 is 0 Å². The van der Waals surface area contributed by atoms with Gasteiger partial charge in [-0.1, -0.05) is 59.7 Å². The Bertz CT molecular complexity index is 600. The van der Waals surface area contributed by atoms with Crippen molar-refractivity contribution in [1.29, 1.82) is 0 Å². The van der Waals surface area contributed by atoms with Crippen molar-refractivity contribution in [2.75, 3.05) is 0 Å². The molecule has 0 N–H and O–H groups in total. The van der Waals surface area contributed by atoms with E-state index in [1.165, 1.54) is 16.7 Å². The lowest BCUT2D eigenvalue weighted by molar-refractivity contribution is -0.361. The fourth-order valence-corrected chi connectivity index (χ4v) is 4.74. The van der Waals surface area contributed by atoms with Crippen molar-refractivity contribution >= 4 is 0 Å². The van der Waals surface area contributed by atoms with Crippen molar-refractivity contribution in [2.45, 2.75) is 84.7 Å². The third-order valence-corrected chi connectivity index (χ3v) is 6.31. The largest absolute Gasteiger partial charge is 0.349 e. The summed E-state index contributed by atoms with van der Waals surface area (Å²) in [4.78, 5) is 0. The molecule has 122 valence electrons. The molecule has 1 unspecified atom stereocenters. The van der Waals surface area contributed by atoms with Gasteiger partial charge in [0, 0.05) is 10.8 Å². The SMILES string of the molecule is CC1O[C@H](C)C(C)(C)[C@]2(O1)c1ccc(C(C)C)cc1C2(C)C. The highest BCUT2D eigenvalue weighted by Gasteiger charge is 2.69. The Hall–Kier alpha value is -0.860. The Labute approximate surface area is 135 Å². The van der Waals surface area contributed by atoms with E-state index in [0.29, 0.717) is 5.92 Å². The molecule has 3 atom stereocenters. The highest BCUT2D eigenvalue weighted by molar-refractivity contribution is 5.55. The van der Waals surface area contributed by atoms with Gasteiger partial charge in [-0.05, 0) is 36.5 Å². The van der Waals surface area contributed by atoms with Crippen molar-refractivity contribution < 1.29 is 9.47 Å². The van der Waals surface area contributed by atoms with Crippen LogP contribution in [0.15, 0.2) is 18.2 Å². The molecular formula is C20H30O2. The van der Waals surface area contributed by atoms with Crippen LogP contribution in [0.25, 0.3) is 0 Å². The Morgan fingerprint density at radius 3 is 2.23 bits per heavy atom. The van der Waals surface area contributed by atoms with Crippen LogP contribution in [0.4, 0.5) is 0 Å². The maximum Gasteiger partial charge on any atom is 0.156 e. The monoisotopic (exact) mass is 302 g/mol. The molecule has 1 aliphatic carbocycles. The fourth-order valence-electron chi connectivity index (χ4n) is 4.74. The summed E-state index contributed by atoms with van der Waals surface area (Å²) in [5.74, 6) is 0.555. The molecular weight excluding hydrogens is 272 g/mol. The minimum Gasteiger partial charge on any atom is -0.349 e. The van der Waals surface area contributed by atoms with Gasteiger partial charge in [0.25, 0.3) is 0 Å². The maximum atomic E-state index is 6.52. The Morgan fingerprint density at radius 1 is 1.00 bits per heavy atom. The van der Waals surface area contributed by atoms with Crippen LogP contribution >= 0.6 is 0 Å². The molecule has 0 radical (unpaired) electrons. The number of rotatable bonds is 1. The summed E-state index contributed by atoms with van der Waals surface area (Å²) < 4.78 is 12.5. The average molecular weight is 302 g/mol. The predicted octanol–water partition coefficient (Wildman–Crippen LogP) is 5.10. The number of benzene rings is 1. The van der Waals surface area contributed by atoms with Crippen LogP contribution in [0.1, 0.15) is 78.0 Å². The second kappa shape index (κ2) is 4.58. The lowest BCUT2D eigenvalue weighted by atomic mass is 9.45. The van der Waals surface area contributed by atoms with Gasteiger partial charge in [0.1, 0.15) is 5.60 Å². The van der Waals surface area contributed by atoms with Crippen molar-refractivity contribution in [3.63, 3.8) is 0 Å². The van der Waals surface area contributed by atoms with Gasteiger partial charge < -0.3 is 9.47 Å². The first-order valence-electron chi connectivity index (χ1n) is 8.54. The molecule has 1 aliphatic heterocycles. The van der Waals surface area contributed by atoms with Crippen LogP contribution in [0.3, 0.4) is 0 Å². The zero-order valence-electron chi connectivity index (χ0n) is 15.3. The second-order valence-corrected chi connectivity index (χ2v) is 8.45. The summed E-state index contributed by atoms with van der Waals surface area (Å²) in [7, 11) is 0. The highest BCUT2D eigenvalue weighted by atomic mass is 16.7. The second-order valence-electron chi connectivity index (χ2n) is 8.45. The smallest absolute Gasteiger partial charge is 0.156 e. The summed E-state index contributed by atoms with van der Waals surface area (Å²) >= 11 is 0. The molecule has 2 aliphatic rings. The molecule has 1 fully saturated rings.